The van der Waals surface area contributed by atoms with E-state index < -0.39 is 0 Å². The highest BCUT2D eigenvalue weighted by molar-refractivity contribution is 9.10. The van der Waals surface area contributed by atoms with Gasteiger partial charge in [-0.1, -0.05) is 40.2 Å². The van der Waals surface area contributed by atoms with Crippen LogP contribution in [0.4, 0.5) is 0 Å². The quantitative estimate of drug-likeness (QED) is 0.804. The van der Waals surface area contributed by atoms with Gasteiger partial charge in [0, 0.05) is 11.0 Å². The molecular weight excluding hydrogens is 322 g/mol. The van der Waals surface area contributed by atoms with Crippen LogP contribution in [0.2, 0.25) is 0 Å². The molecule has 0 heterocycles. The minimum absolute atomic E-state index is 0.00143. The van der Waals surface area contributed by atoms with Crippen molar-refractivity contribution in [2.75, 3.05) is 0 Å². The predicted octanol–water partition coefficient (Wildman–Crippen LogP) is 2.58. The standard InChI is InChI=1S/C15H14BrNO3/c16-12-5-6-14(19)13(7-12)15(20)17-8-10-1-3-11(9-18)4-2-10/h1-7,18-19H,8-9H2,(H,17,20). The molecule has 0 spiro atoms. The molecule has 20 heavy (non-hydrogen) atoms. The molecule has 1 amide bonds. The van der Waals surface area contributed by atoms with E-state index in [0.29, 0.717) is 6.54 Å². The maximum Gasteiger partial charge on any atom is 0.255 e. The molecule has 2 aromatic rings. The predicted molar refractivity (Wildman–Crippen MR) is 79.3 cm³/mol. The molecule has 0 unspecified atom stereocenters. The molecule has 0 aliphatic heterocycles. The van der Waals surface area contributed by atoms with Crippen LogP contribution in [-0.4, -0.2) is 16.1 Å². The van der Waals surface area contributed by atoms with Crippen molar-refractivity contribution >= 4 is 21.8 Å². The first kappa shape index (κ1) is 14.6. The molecular formula is C15H14BrNO3. The minimum Gasteiger partial charge on any atom is -0.507 e. The van der Waals surface area contributed by atoms with Crippen LogP contribution < -0.4 is 5.32 Å². The molecule has 0 bridgehead atoms. The zero-order valence-corrected chi connectivity index (χ0v) is 12.2. The number of aliphatic hydroxyl groups excluding tert-OH is 1. The molecule has 0 aliphatic rings. The fourth-order valence-corrected chi connectivity index (χ4v) is 2.09. The van der Waals surface area contributed by atoms with Crippen LogP contribution in [0.5, 0.6) is 5.75 Å². The van der Waals surface area contributed by atoms with E-state index >= 15 is 0 Å². The van der Waals surface area contributed by atoms with Gasteiger partial charge in [-0.25, -0.2) is 0 Å². The number of benzene rings is 2. The average molecular weight is 336 g/mol. The highest BCUT2D eigenvalue weighted by Gasteiger charge is 2.11. The summed E-state index contributed by atoms with van der Waals surface area (Å²) in [6.45, 7) is 0.356. The van der Waals surface area contributed by atoms with Gasteiger partial charge in [0.25, 0.3) is 5.91 Å². The Labute approximate surface area is 125 Å². The van der Waals surface area contributed by atoms with Gasteiger partial charge in [0.05, 0.1) is 12.2 Å². The van der Waals surface area contributed by atoms with Crippen LogP contribution in [0.15, 0.2) is 46.9 Å². The Hall–Kier alpha value is -1.85. The van der Waals surface area contributed by atoms with Crippen molar-refractivity contribution in [1.29, 1.82) is 0 Å². The van der Waals surface area contributed by atoms with Crippen molar-refractivity contribution in [1.82, 2.24) is 5.32 Å². The first-order valence-corrected chi connectivity index (χ1v) is 6.85. The van der Waals surface area contributed by atoms with E-state index in [-0.39, 0.29) is 23.8 Å². The van der Waals surface area contributed by atoms with Crippen molar-refractivity contribution in [3.63, 3.8) is 0 Å². The van der Waals surface area contributed by atoms with Gasteiger partial charge in [-0.3, -0.25) is 4.79 Å². The molecule has 0 saturated carbocycles. The zero-order valence-electron chi connectivity index (χ0n) is 10.6. The largest absolute Gasteiger partial charge is 0.507 e. The average Bonchev–Trinajstić information content (AvgIpc) is 2.47. The fraction of sp³-hybridized carbons (Fsp3) is 0.133. The third kappa shape index (κ3) is 3.59. The Kier molecular flexibility index (Phi) is 4.76. The number of aliphatic hydroxyl groups is 1. The number of hydrogen-bond acceptors (Lipinski definition) is 3. The molecule has 0 aliphatic carbocycles. The zero-order chi connectivity index (χ0) is 14.5. The van der Waals surface area contributed by atoms with Crippen molar-refractivity contribution in [3.05, 3.63) is 63.6 Å². The van der Waals surface area contributed by atoms with Crippen LogP contribution >= 0.6 is 15.9 Å². The summed E-state index contributed by atoms with van der Waals surface area (Å²) in [6, 6.07) is 12.0. The summed E-state index contributed by atoms with van der Waals surface area (Å²) in [4.78, 5) is 12.0. The van der Waals surface area contributed by atoms with Crippen molar-refractivity contribution in [3.8, 4) is 5.75 Å². The van der Waals surface area contributed by atoms with Gasteiger partial charge in [-0.2, -0.15) is 0 Å². The summed E-state index contributed by atoms with van der Waals surface area (Å²) in [7, 11) is 0. The molecule has 104 valence electrons. The minimum atomic E-state index is -0.338. The number of nitrogens with one attached hydrogen (secondary N) is 1. The van der Waals surface area contributed by atoms with E-state index in [9.17, 15) is 9.90 Å². The van der Waals surface area contributed by atoms with Crippen molar-refractivity contribution < 1.29 is 15.0 Å². The number of rotatable bonds is 4. The molecule has 4 nitrogen and oxygen atoms in total. The topological polar surface area (TPSA) is 69.6 Å². The maximum absolute atomic E-state index is 12.0. The number of carbonyl (C=O) groups is 1. The van der Waals surface area contributed by atoms with E-state index in [1.165, 1.54) is 6.07 Å². The molecule has 0 atom stereocenters. The van der Waals surface area contributed by atoms with Crippen LogP contribution in [0, 0.1) is 0 Å². The van der Waals surface area contributed by atoms with Gasteiger partial charge in [0.15, 0.2) is 0 Å². The molecule has 2 aromatic carbocycles. The number of carbonyl (C=O) groups excluding carboxylic acids is 1. The van der Waals surface area contributed by atoms with Gasteiger partial charge in [0.1, 0.15) is 5.75 Å². The Morgan fingerprint density at radius 3 is 2.40 bits per heavy atom. The van der Waals surface area contributed by atoms with Gasteiger partial charge in [-0.05, 0) is 29.3 Å². The first-order chi connectivity index (χ1) is 9.60. The Bertz CT molecular complexity index is 611. The Morgan fingerprint density at radius 1 is 1.10 bits per heavy atom. The lowest BCUT2D eigenvalue weighted by atomic mass is 10.1. The number of halogens is 1. The van der Waals surface area contributed by atoms with E-state index in [1.54, 1.807) is 24.3 Å². The highest BCUT2D eigenvalue weighted by Crippen LogP contribution is 2.21. The second-order valence-corrected chi connectivity index (χ2v) is 5.23. The normalized spacial score (nSPS) is 10.3. The van der Waals surface area contributed by atoms with Gasteiger partial charge < -0.3 is 15.5 Å². The molecule has 3 N–H and O–H groups in total. The van der Waals surface area contributed by atoms with Crippen LogP contribution in [0.25, 0.3) is 0 Å². The van der Waals surface area contributed by atoms with Crippen LogP contribution in [0.1, 0.15) is 21.5 Å². The third-order valence-corrected chi connectivity index (χ3v) is 3.36. The maximum atomic E-state index is 12.0. The Morgan fingerprint density at radius 2 is 1.75 bits per heavy atom. The summed E-state index contributed by atoms with van der Waals surface area (Å²) in [5.74, 6) is -0.392. The number of amides is 1. The van der Waals surface area contributed by atoms with Gasteiger partial charge >= 0.3 is 0 Å². The third-order valence-electron chi connectivity index (χ3n) is 2.86. The molecule has 0 saturated heterocycles. The summed E-state index contributed by atoms with van der Waals surface area (Å²) in [6.07, 6.45) is 0. The Balaban J connectivity index is 2.02. The number of hydrogen-bond donors (Lipinski definition) is 3. The number of phenolic OH excluding ortho intramolecular Hbond substituents is 1. The van der Waals surface area contributed by atoms with Crippen LogP contribution in [0.3, 0.4) is 0 Å². The summed E-state index contributed by atoms with van der Waals surface area (Å²) >= 11 is 3.26. The smallest absolute Gasteiger partial charge is 0.255 e. The second kappa shape index (κ2) is 6.54. The first-order valence-electron chi connectivity index (χ1n) is 6.05. The van der Waals surface area contributed by atoms with Crippen LogP contribution in [-0.2, 0) is 13.2 Å². The van der Waals surface area contributed by atoms with Gasteiger partial charge in [-0.15, -0.1) is 0 Å². The van der Waals surface area contributed by atoms with Crippen molar-refractivity contribution in [2.45, 2.75) is 13.2 Å². The number of phenols is 1. The molecule has 0 radical (unpaired) electrons. The second-order valence-electron chi connectivity index (χ2n) is 4.32. The SMILES string of the molecule is O=C(NCc1ccc(CO)cc1)c1cc(Br)ccc1O. The monoisotopic (exact) mass is 335 g/mol. The van der Waals surface area contributed by atoms with E-state index in [0.717, 1.165) is 15.6 Å². The molecule has 0 aromatic heterocycles. The summed E-state index contributed by atoms with van der Waals surface area (Å²) < 4.78 is 0.729. The lowest BCUT2D eigenvalue weighted by Gasteiger charge is -2.08. The van der Waals surface area contributed by atoms with E-state index in [1.807, 2.05) is 12.1 Å². The summed E-state index contributed by atoms with van der Waals surface area (Å²) in [5.41, 5.74) is 1.97. The van der Waals surface area contributed by atoms with E-state index in [2.05, 4.69) is 21.2 Å². The van der Waals surface area contributed by atoms with Gasteiger partial charge in [0.2, 0.25) is 0 Å². The number of aromatic hydroxyl groups is 1. The molecule has 2 rings (SSSR count). The highest BCUT2D eigenvalue weighted by atomic mass is 79.9. The molecule has 0 fully saturated rings. The lowest BCUT2D eigenvalue weighted by Crippen LogP contribution is -2.22. The van der Waals surface area contributed by atoms with E-state index in [4.69, 9.17) is 5.11 Å². The van der Waals surface area contributed by atoms with Crippen molar-refractivity contribution in [2.24, 2.45) is 0 Å². The summed E-state index contributed by atoms with van der Waals surface area (Å²) in [5, 5.41) is 21.3. The fourth-order valence-electron chi connectivity index (χ4n) is 1.73. The molecule has 5 heteroatoms. The lowest BCUT2D eigenvalue weighted by molar-refractivity contribution is 0.0948.